The van der Waals surface area contributed by atoms with Gasteiger partial charge in [-0.2, -0.15) is 0 Å². The standard InChI is InChI=1S/Cu.Li.H2OSi.H/c;;1-2;/h;;2H2;/q;+1;;-1. The molecule has 0 N–H and O–H groups in total. The van der Waals surface area contributed by atoms with Gasteiger partial charge in [0.2, 0.25) is 10.1 Å². The van der Waals surface area contributed by atoms with Crippen molar-refractivity contribution in [3.63, 3.8) is 0 Å². The molecule has 0 aromatic rings. The Hall–Kier alpha value is 1.13. The molecule has 0 atom stereocenters. The molecule has 1 nitrogen and oxygen atoms in total. The van der Waals surface area contributed by atoms with Gasteiger partial charge in [-0.3, -0.25) is 0 Å². The molecule has 0 aromatic heterocycles. The largest absolute Gasteiger partial charge is 1.00 e. The Morgan fingerprint density at radius 1 is 1.50 bits per heavy atom. The average Bonchev–Trinajstić information content (AvgIpc) is 1.00. The van der Waals surface area contributed by atoms with Crippen LogP contribution < -0.4 is 18.9 Å². The predicted octanol–water partition coefficient (Wildman–Crippen LogP) is -3.92. The minimum atomic E-state index is 0. The average molecular weight is 118 g/mol. The summed E-state index contributed by atoms with van der Waals surface area (Å²) in [6.07, 6.45) is 0. The van der Waals surface area contributed by atoms with Crippen LogP contribution in [-0.4, -0.2) is 10.1 Å². The summed E-state index contributed by atoms with van der Waals surface area (Å²) in [6.45, 7) is 0. The van der Waals surface area contributed by atoms with Crippen LogP contribution in [0.25, 0.3) is 0 Å². The normalized spacial score (nSPS) is 1.00. The van der Waals surface area contributed by atoms with Crippen LogP contribution in [0.15, 0.2) is 0 Å². The first-order chi connectivity index (χ1) is 1.00. The third-order valence-corrected chi connectivity index (χ3v) is 0. The number of hydrogen-bond acceptors (Lipinski definition) is 1. The van der Waals surface area contributed by atoms with Crippen molar-refractivity contribution in [2.45, 2.75) is 0 Å². The molecule has 0 spiro atoms. The van der Waals surface area contributed by atoms with Gasteiger partial charge in [-0.15, -0.1) is 0 Å². The topological polar surface area (TPSA) is 17.1 Å². The Balaban J connectivity index is -0.00000000167. The molecule has 4 heteroatoms. The summed E-state index contributed by atoms with van der Waals surface area (Å²) in [7, 11) is 0.611. The van der Waals surface area contributed by atoms with E-state index in [-0.39, 0.29) is 37.4 Å². The van der Waals surface area contributed by atoms with Crippen molar-refractivity contribution in [2.75, 3.05) is 0 Å². The van der Waals surface area contributed by atoms with Gasteiger partial charge in [-0.25, -0.2) is 0 Å². The molecule has 0 amide bonds. The molecule has 0 rings (SSSR count). The molecule has 0 aliphatic rings. The fraction of sp³-hybridized carbons (Fsp3) is 0. The van der Waals surface area contributed by atoms with Crippen molar-refractivity contribution in [2.24, 2.45) is 0 Å². The molecular weight excluding hydrogens is 115 g/mol. The van der Waals surface area contributed by atoms with Crippen molar-refractivity contribution >= 4 is 10.1 Å². The Morgan fingerprint density at radius 2 is 1.50 bits per heavy atom. The Morgan fingerprint density at radius 3 is 1.50 bits per heavy atom. The summed E-state index contributed by atoms with van der Waals surface area (Å²) >= 11 is 0. The fourth-order valence-electron chi connectivity index (χ4n) is 0. The molecule has 0 fully saturated rings. The van der Waals surface area contributed by atoms with Gasteiger partial charge in [-0.1, -0.05) is 0 Å². The van der Waals surface area contributed by atoms with Crippen LogP contribution in [0, 0.1) is 0 Å². The van der Waals surface area contributed by atoms with E-state index in [0.717, 1.165) is 0 Å². The SMILES string of the molecule is O=[SiH2].[Cu].[H-].[Li+]. The van der Waals surface area contributed by atoms with Gasteiger partial charge in [0, 0.05) is 17.1 Å². The van der Waals surface area contributed by atoms with Gasteiger partial charge in [0.25, 0.3) is 0 Å². The minimum Gasteiger partial charge on any atom is -1.00 e. The Bertz CT molecular complexity index is 11.6. The Kier molecular flexibility index (Phi) is 152. The van der Waals surface area contributed by atoms with E-state index in [1.165, 1.54) is 0 Å². The zero-order chi connectivity index (χ0) is 2.00. The molecule has 4 heavy (non-hydrogen) atoms. The molecule has 0 saturated heterocycles. The summed E-state index contributed by atoms with van der Waals surface area (Å²) in [4.78, 5) is 0. The first-order valence-corrected chi connectivity index (χ1v) is 0.866. The molecule has 0 unspecified atom stereocenters. The Labute approximate surface area is 52.2 Å². The van der Waals surface area contributed by atoms with E-state index in [2.05, 4.69) is 0 Å². The van der Waals surface area contributed by atoms with Gasteiger partial charge < -0.3 is 5.89 Å². The second-order valence-electron chi connectivity index (χ2n) is 0. The van der Waals surface area contributed by atoms with Gasteiger partial charge in [0.1, 0.15) is 0 Å². The molecule has 0 aliphatic heterocycles. The van der Waals surface area contributed by atoms with E-state index in [1.54, 1.807) is 0 Å². The molecular formula is H3CuLiOSi. The van der Waals surface area contributed by atoms with Crippen LogP contribution in [0.1, 0.15) is 1.43 Å². The summed E-state index contributed by atoms with van der Waals surface area (Å²) in [5.74, 6) is 0. The molecule has 1 radical (unpaired) electrons. The number of rotatable bonds is 0. The summed E-state index contributed by atoms with van der Waals surface area (Å²) in [6, 6.07) is 0. The summed E-state index contributed by atoms with van der Waals surface area (Å²) in [5.41, 5.74) is 0. The first-order valence-electron chi connectivity index (χ1n) is 0.289. The third-order valence-electron chi connectivity index (χ3n) is 0. The fourth-order valence-corrected chi connectivity index (χ4v) is 0. The van der Waals surface area contributed by atoms with Gasteiger partial charge in [0.15, 0.2) is 0 Å². The molecule has 0 bridgehead atoms. The number of hydrogen-bond donors (Lipinski definition) is 0. The maximum atomic E-state index is 8.28. The van der Waals surface area contributed by atoms with E-state index >= 15 is 0 Å². The first kappa shape index (κ1) is 19.3. The maximum absolute atomic E-state index is 8.28. The molecule has 0 aromatic carbocycles. The van der Waals surface area contributed by atoms with Crippen LogP contribution in [0.4, 0.5) is 0 Å². The van der Waals surface area contributed by atoms with Crippen LogP contribution in [0.5, 0.6) is 0 Å². The van der Waals surface area contributed by atoms with Crippen molar-refractivity contribution in [1.82, 2.24) is 0 Å². The van der Waals surface area contributed by atoms with E-state index in [9.17, 15) is 0 Å². The minimum absolute atomic E-state index is 0. The molecule has 0 saturated carbocycles. The van der Waals surface area contributed by atoms with Crippen molar-refractivity contribution < 1.29 is 41.8 Å². The van der Waals surface area contributed by atoms with Gasteiger partial charge >= 0.3 is 18.9 Å². The van der Waals surface area contributed by atoms with Crippen LogP contribution in [0.2, 0.25) is 0 Å². The van der Waals surface area contributed by atoms with Crippen molar-refractivity contribution in [3.05, 3.63) is 0 Å². The van der Waals surface area contributed by atoms with E-state index < -0.39 is 0 Å². The maximum Gasteiger partial charge on any atom is 1.00 e. The van der Waals surface area contributed by atoms with Crippen LogP contribution in [0.3, 0.4) is 0 Å². The van der Waals surface area contributed by atoms with Gasteiger partial charge in [0.05, 0.1) is 0 Å². The van der Waals surface area contributed by atoms with Crippen molar-refractivity contribution in [3.8, 4) is 0 Å². The zero-order valence-corrected chi connectivity index (χ0v) is 4.77. The van der Waals surface area contributed by atoms with E-state index in [4.69, 9.17) is 4.46 Å². The van der Waals surface area contributed by atoms with Crippen LogP contribution in [-0.2, 0) is 21.5 Å². The monoisotopic (exact) mass is 117 g/mol. The smallest absolute Gasteiger partial charge is 1.00 e. The predicted molar refractivity (Wildman–Crippen MR) is 10.3 cm³/mol. The molecule has 25 valence electrons. The summed E-state index contributed by atoms with van der Waals surface area (Å²) < 4.78 is 8.28. The van der Waals surface area contributed by atoms with Crippen LogP contribution >= 0.6 is 0 Å². The summed E-state index contributed by atoms with van der Waals surface area (Å²) in [5, 5.41) is 0. The zero-order valence-electron chi connectivity index (χ0n) is 3.42. The second kappa shape index (κ2) is 31.6. The van der Waals surface area contributed by atoms with Gasteiger partial charge in [-0.05, 0) is 0 Å². The third kappa shape index (κ3) is 11.1. The van der Waals surface area contributed by atoms with E-state index in [0.29, 0.717) is 10.1 Å². The second-order valence-corrected chi connectivity index (χ2v) is 0. The molecule has 0 heterocycles. The van der Waals surface area contributed by atoms with Crippen molar-refractivity contribution in [1.29, 1.82) is 0 Å². The van der Waals surface area contributed by atoms with E-state index in [1.807, 2.05) is 0 Å². The molecule has 0 aliphatic carbocycles. The quantitative estimate of drug-likeness (QED) is 0.297.